The van der Waals surface area contributed by atoms with Crippen LogP contribution in [0.2, 0.25) is 0 Å². The molecule has 2 rings (SSSR count). The maximum Gasteiger partial charge on any atom is 0.328 e. The lowest BCUT2D eigenvalue weighted by molar-refractivity contribution is -0.121. The largest absolute Gasteiger partial charge is 0.350 e. The first kappa shape index (κ1) is 15.3. The molecule has 1 aliphatic rings. The van der Waals surface area contributed by atoms with Gasteiger partial charge in [0.05, 0.1) is 0 Å². The highest BCUT2D eigenvalue weighted by molar-refractivity contribution is 5.76. The topological polar surface area (TPSA) is 84.0 Å². The van der Waals surface area contributed by atoms with Gasteiger partial charge in [-0.2, -0.15) is 0 Å². The Morgan fingerprint density at radius 3 is 2.90 bits per heavy atom. The Balaban J connectivity index is 1.85. The van der Waals surface area contributed by atoms with Gasteiger partial charge < -0.3 is 9.88 Å². The van der Waals surface area contributed by atoms with E-state index >= 15 is 0 Å². The van der Waals surface area contributed by atoms with E-state index in [-0.39, 0.29) is 24.9 Å². The van der Waals surface area contributed by atoms with E-state index in [9.17, 15) is 14.4 Å². The third kappa shape index (κ3) is 4.44. The number of aromatic nitrogens is 2. The van der Waals surface area contributed by atoms with Crippen molar-refractivity contribution >= 4 is 5.91 Å². The number of hydrogen-bond donors (Lipinski definition) is 2. The summed E-state index contributed by atoms with van der Waals surface area (Å²) in [6, 6.07) is 1.32. The van der Waals surface area contributed by atoms with Gasteiger partial charge in [-0.05, 0) is 32.6 Å². The van der Waals surface area contributed by atoms with Gasteiger partial charge in [0.2, 0.25) is 5.91 Å². The minimum absolute atomic E-state index is 0.0464. The summed E-state index contributed by atoms with van der Waals surface area (Å²) in [7, 11) is 0. The van der Waals surface area contributed by atoms with Gasteiger partial charge in [-0.25, -0.2) is 4.79 Å². The molecule has 0 saturated heterocycles. The number of carbonyl (C=O) groups is 1. The summed E-state index contributed by atoms with van der Waals surface area (Å²) >= 11 is 0. The molecule has 2 N–H and O–H groups in total. The number of H-pyrrole nitrogens is 1. The average Bonchev–Trinajstić information content (AvgIpc) is 2.47. The Bertz CT molecular complexity index is 642. The zero-order valence-electron chi connectivity index (χ0n) is 12.2. The molecular weight excluding hydrogens is 270 g/mol. The van der Waals surface area contributed by atoms with Crippen molar-refractivity contribution in [1.82, 2.24) is 14.9 Å². The maximum absolute atomic E-state index is 11.9. The molecule has 1 heterocycles. The van der Waals surface area contributed by atoms with Gasteiger partial charge in [-0.1, -0.05) is 11.6 Å². The van der Waals surface area contributed by atoms with Crippen LogP contribution in [0.25, 0.3) is 0 Å². The van der Waals surface area contributed by atoms with Crippen molar-refractivity contribution in [3.05, 3.63) is 44.8 Å². The van der Waals surface area contributed by atoms with E-state index in [4.69, 9.17) is 0 Å². The zero-order valence-corrected chi connectivity index (χ0v) is 12.2. The Kier molecular flexibility index (Phi) is 5.14. The predicted molar refractivity (Wildman–Crippen MR) is 80.1 cm³/mol. The van der Waals surface area contributed by atoms with Crippen molar-refractivity contribution < 1.29 is 4.79 Å². The maximum atomic E-state index is 11.9. The number of carbonyl (C=O) groups excluding carboxylic acids is 1. The van der Waals surface area contributed by atoms with Crippen LogP contribution in [0, 0.1) is 0 Å². The predicted octanol–water partition coefficient (Wildman–Crippen LogP) is 0.932. The van der Waals surface area contributed by atoms with E-state index in [1.54, 1.807) is 0 Å². The van der Waals surface area contributed by atoms with Crippen LogP contribution in [-0.2, 0) is 11.3 Å². The van der Waals surface area contributed by atoms with Crippen LogP contribution in [0.15, 0.2) is 33.5 Å². The molecule has 1 aliphatic carbocycles. The van der Waals surface area contributed by atoms with E-state index in [0.29, 0.717) is 0 Å². The van der Waals surface area contributed by atoms with Gasteiger partial charge in [0, 0.05) is 31.3 Å². The number of nitrogens with zero attached hydrogens (tertiary/aromatic N) is 1. The Hall–Kier alpha value is -2.11. The number of rotatable bonds is 5. The molecule has 1 amide bonds. The molecule has 6 heteroatoms. The van der Waals surface area contributed by atoms with Crippen LogP contribution in [0.1, 0.15) is 39.0 Å². The summed E-state index contributed by atoms with van der Waals surface area (Å²) in [6.07, 6.45) is 8.35. The molecule has 0 saturated carbocycles. The normalized spacial score (nSPS) is 16.1. The number of aromatic amines is 1. The van der Waals surface area contributed by atoms with E-state index in [0.717, 1.165) is 12.8 Å². The molecule has 0 fully saturated rings. The number of aryl methyl sites for hydroxylation is 1. The Morgan fingerprint density at radius 2 is 2.24 bits per heavy atom. The van der Waals surface area contributed by atoms with Gasteiger partial charge in [0.1, 0.15) is 0 Å². The zero-order chi connectivity index (χ0) is 15.2. The molecule has 0 radical (unpaired) electrons. The van der Waals surface area contributed by atoms with Crippen molar-refractivity contribution in [2.75, 3.05) is 0 Å². The van der Waals surface area contributed by atoms with Crippen LogP contribution in [0.4, 0.5) is 0 Å². The van der Waals surface area contributed by atoms with Crippen LogP contribution < -0.4 is 16.6 Å². The minimum Gasteiger partial charge on any atom is -0.350 e. The molecule has 114 valence electrons. The van der Waals surface area contributed by atoms with Gasteiger partial charge in [-0.3, -0.25) is 14.6 Å². The molecule has 0 aromatic carbocycles. The fourth-order valence-electron chi connectivity index (χ4n) is 2.50. The summed E-state index contributed by atoms with van der Waals surface area (Å²) in [5.74, 6) is -0.0907. The molecule has 1 atom stereocenters. The molecule has 0 bridgehead atoms. The quantitative estimate of drug-likeness (QED) is 0.792. The van der Waals surface area contributed by atoms with E-state index in [1.807, 2.05) is 6.92 Å². The van der Waals surface area contributed by atoms with Crippen molar-refractivity contribution in [2.24, 2.45) is 0 Å². The molecular formula is C15H21N3O3. The molecule has 0 spiro atoms. The second-order valence-electron chi connectivity index (χ2n) is 5.37. The first-order valence-electron chi connectivity index (χ1n) is 7.34. The molecule has 21 heavy (non-hydrogen) atoms. The highest BCUT2D eigenvalue weighted by atomic mass is 16.2. The summed E-state index contributed by atoms with van der Waals surface area (Å²) in [4.78, 5) is 36.5. The fraction of sp³-hybridized carbons (Fsp3) is 0.533. The van der Waals surface area contributed by atoms with E-state index < -0.39 is 11.2 Å². The Morgan fingerprint density at radius 1 is 1.43 bits per heavy atom. The van der Waals surface area contributed by atoms with Crippen molar-refractivity contribution in [3.8, 4) is 0 Å². The Labute approximate surface area is 122 Å². The number of hydrogen-bond acceptors (Lipinski definition) is 3. The van der Waals surface area contributed by atoms with Gasteiger partial charge in [0.25, 0.3) is 5.56 Å². The van der Waals surface area contributed by atoms with Gasteiger partial charge >= 0.3 is 5.69 Å². The van der Waals surface area contributed by atoms with Crippen molar-refractivity contribution in [2.45, 2.75) is 51.6 Å². The smallest absolute Gasteiger partial charge is 0.328 e. The average molecular weight is 291 g/mol. The lowest BCUT2D eigenvalue weighted by atomic mass is 9.95. The highest BCUT2D eigenvalue weighted by Gasteiger charge is 2.14. The van der Waals surface area contributed by atoms with Crippen LogP contribution in [0.3, 0.4) is 0 Å². The monoisotopic (exact) mass is 291 g/mol. The lowest BCUT2D eigenvalue weighted by Crippen LogP contribution is -2.36. The summed E-state index contributed by atoms with van der Waals surface area (Å²) in [6.45, 7) is 2.24. The molecule has 0 aliphatic heterocycles. The van der Waals surface area contributed by atoms with Gasteiger partial charge in [0.15, 0.2) is 0 Å². The molecule has 1 aromatic heterocycles. The highest BCUT2D eigenvalue weighted by Crippen LogP contribution is 2.20. The number of nitrogens with one attached hydrogen (secondary N) is 2. The van der Waals surface area contributed by atoms with E-state index in [2.05, 4.69) is 16.4 Å². The van der Waals surface area contributed by atoms with Crippen LogP contribution >= 0.6 is 0 Å². The molecule has 0 unspecified atom stereocenters. The van der Waals surface area contributed by atoms with Crippen LogP contribution in [0.5, 0.6) is 0 Å². The van der Waals surface area contributed by atoms with Crippen LogP contribution in [-0.4, -0.2) is 21.5 Å². The van der Waals surface area contributed by atoms with E-state index in [1.165, 1.54) is 35.2 Å². The van der Waals surface area contributed by atoms with Gasteiger partial charge in [-0.15, -0.1) is 0 Å². The summed E-state index contributed by atoms with van der Waals surface area (Å²) < 4.78 is 1.32. The summed E-state index contributed by atoms with van der Waals surface area (Å²) in [5, 5.41) is 2.96. The second kappa shape index (κ2) is 7.06. The third-order valence-electron chi connectivity index (χ3n) is 3.74. The first-order chi connectivity index (χ1) is 10.1. The molecule has 6 nitrogen and oxygen atoms in total. The number of allylic oxidation sites excluding steroid dienone is 1. The molecule has 1 aromatic rings. The van der Waals surface area contributed by atoms with Crippen molar-refractivity contribution in [3.63, 3.8) is 0 Å². The minimum atomic E-state index is -0.488. The second-order valence-corrected chi connectivity index (χ2v) is 5.37. The lowest BCUT2D eigenvalue weighted by Gasteiger charge is -2.20. The third-order valence-corrected chi connectivity index (χ3v) is 3.74. The standard InChI is InChI=1S/C15H21N3O3/c1-11(12-5-3-2-4-6-12)16-13(19)7-9-18-10-8-14(20)17-15(18)21/h5,8,10-11H,2-4,6-7,9H2,1H3,(H,16,19)(H,17,20,21)/t11-/m1/s1. The SMILES string of the molecule is C[C@@H](NC(=O)CCn1ccc(=O)[nH]c1=O)C1=CCCCC1. The van der Waals surface area contributed by atoms with Crippen molar-refractivity contribution in [1.29, 1.82) is 0 Å². The summed E-state index contributed by atoms with van der Waals surface area (Å²) in [5.41, 5.74) is 0.368. The number of amides is 1. The fourth-order valence-corrected chi connectivity index (χ4v) is 2.50. The first-order valence-corrected chi connectivity index (χ1v) is 7.34.